The van der Waals surface area contributed by atoms with Crippen molar-refractivity contribution in [3.63, 3.8) is 0 Å². The van der Waals surface area contributed by atoms with Gasteiger partial charge in [0.2, 0.25) is 0 Å². The number of nitrogens with zero attached hydrogens (tertiary/aromatic N) is 3. The summed E-state index contributed by atoms with van der Waals surface area (Å²) in [7, 11) is 1.82. The van der Waals surface area contributed by atoms with Crippen LogP contribution >= 0.6 is 12.2 Å². The van der Waals surface area contributed by atoms with Crippen LogP contribution in [0.5, 0.6) is 5.75 Å². The molecule has 0 atom stereocenters. The topological polar surface area (TPSA) is 72.6 Å². The summed E-state index contributed by atoms with van der Waals surface area (Å²) in [5.41, 5.74) is 5.31. The number of ether oxygens (including phenoxy) is 1. The molecular formula is C22H23N5O2S. The highest BCUT2D eigenvalue weighted by molar-refractivity contribution is 7.80. The smallest absolute Gasteiger partial charge is 0.295 e. The lowest BCUT2D eigenvalue weighted by Gasteiger charge is -2.07. The fourth-order valence-electron chi connectivity index (χ4n) is 2.86. The van der Waals surface area contributed by atoms with E-state index in [0.717, 1.165) is 22.7 Å². The molecule has 8 heteroatoms. The van der Waals surface area contributed by atoms with Crippen molar-refractivity contribution in [3.05, 3.63) is 88.9 Å². The number of nitrogens with one attached hydrogen (secondary N) is 2. The Bertz CT molecular complexity index is 1130. The van der Waals surface area contributed by atoms with E-state index < -0.39 is 0 Å². The molecule has 7 nitrogen and oxygen atoms in total. The number of benzene rings is 2. The third-order valence-electron chi connectivity index (χ3n) is 4.40. The molecule has 0 amide bonds. The largest absolute Gasteiger partial charge is 0.490 e. The predicted molar refractivity (Wildman–Crippen MR) is 125 cm³/mol. The Morgan fingerprint density at radius 1 is 1.23 bits per heavy atom. The molecule has 0 saturated heterocycles. The first kappa shape index (κ1) is 21.1. The molecule has 0 aliphatic carbocycles. The molecule has 0 bridgehead atoms. The first-order valence-corrected chi connectivity index (χ1v) is 9.70. The molecule has 1 aromatic heterocycles. The van der Waals surface area contributed by atoms with Crippen LogP contribution in [-0.2, 0) is 7.05 Å². The zero-order valence-corrected chi connectivity index (χ0v) is 17.6. The standard InChI is InChI=1S/C22H23N5O2S/c1-4-13-29-19-12-8-9-17(14-19)15-23-25-22(30)24-20-16(2)26(3)27(21(20)28)18-10-6-5-7-11-18/h4-12,14-15H,1,13H2,2-3H3,(H2,24,25,30)/b23-15-. The van der Waals surface area contributed by atoms with Crippen LogP contribution in [0.3, 0.4) is 0 Å². The van der Waals surface area contributed by atoms with Crippen LogP contribution < -0.4 is 21.0 Å². The highest BCUT2D eigenvalue weighted by atomic mass is 32.1. The Labute approximate surface area is 180 Å². The van der Waals surface area contributed by atoms with E-state index in [-0.39, 0.29) is 10.7 Å². The highest BCUT2D eigenvalue weighted by Gasteiger charge is 2.16. The molecule has 0 unspecified atom stereocenters. The van der Waals surface area contributed by atoms with E-state index in [1.807, 2.05) is 68.6 Å². The second kappa shape index (κ2) is 9.71. The summed E-state index contributed by atoms with van der Waals surface area (Å²) in [5, 5.41) is 7.31. The maximum absolute atomic E-state index is 12.9. The van der Waals surface area contributed by atoms with Gasteiger partial charge in [-0.2, -0.15) is 5.10 Å². The molecule has 0 aliphatic rings. The van der Waals surface area contributed by atoms with E-state index in [9.17, 15) is 4.79 Å². The van der Waals surface area contributed by atoms with Crippen LogP contribution in [0.25, 0.3) is 5.69 Å². The highest BCUT2D eigenvalue weighted by Crippen LogP contribution is 2.14. The minimum absolute atomic E-state index is 0.193. The fourth-order valence-corrected chi connectivity index (χ4v) is 3.01. The van der Waals surface area contributed by atoms with Gasteiger partial charge in [-0.1, -0.05) is 43.0 Å². The van der Waals surface area contributed by atoms with Gasteiger partial charge in [0.15, 0.2) is 5.11 Å². The molecule has 3 rings (SSSR count). The summed E-state index contributed by atoms with van der Waals surface area (Å²) in [6.45, 7) is 5.92. The molecule has 30 heavy (non-hydrogen) atoms. The summed E-state index contributed by atoms with van der Waals surface area (Å²) in [6, 6.07) is 16.9. The molecule has 154 valence electrons. The first-order valence-electron chi connectivity index (χ1n) is 9.29. The van der Waals surface area contributed by atoms with E-state index in [1.54, 1.807) is 21.7 Å². The molecule has 0 radical (unpaired) electrons. The normalized spacial score (nSPS) is 10.7. The van der Waals surface area contributed by atoms with Crippen LogP contribution in [0.15, 0.2) is 77.1 Å². The van der Waals surface area contributed by atoms with E-state index in [4.69, 9.17) is 17.0 Å². The number of hydrogen-bond acceptors (Lipinski definition) is 4. The quantitative estimate of drug-likeness (QED) is 0.265. The Kier molecular flexibility index (Phi) is 6.82. The number of hydrogen-bond donors (Lipinski definition) is 2. The molecule has 0 spiro atoms. The van der Waals surface area contributed by atoms with E-state index >= 15 is 0 Å². The van der Waals surface area contributed by atoms with Gasteiger partial charge in [-0.05, 0) is 49.0 Å². The van der Waals surface area contributed by atoms with Crippen molar-refractivity contribution in [2.24, 2.45) is 12.1 Å². The second-order valence-corrected chi connectivity index (χ2v) is 6.84. The monoisotopic (exact) mass is 421 g/mol. The lowest BCUT2D eigenvalue weighted by molar-refractivity contribution is 0.363. The molecule has 0 aliphatic heterocycles. The van der Waals surface area contributed by atoms with E-state index in [0.29, 0.717) is 12.3 Å². The van der Waals surface area contributed by atoms with E-state index in [1.165, 1.54) is 0 Å². The molecule has 1 heterocycles. The number of rotatable bonds is 7. The molecule has 3 aromatic rings. The van der Waals surface area contributed by atoms with Gasteiger partial charge < -0.3 is 10.1 Å². The average Bonchev–Trinajstić information content (AvgIpc) is 2.96. The molecule has 2 N–H and O–H groups in total. The minimum Gasteiger partial charge on any atom is -0.490 e. The third-order valence-corrected chi connectivity index (χ3v) is 4.59. The van der Waals surface area contributed by atoms with Gasteiger partial charge in [-0.15, -0.1) is 0 Å². The number of anilines is 1. The summed E-state index contributed by atoms with van der Waals surface area (Å²) < 4.78 is 8.86. The van der Waals surface area contributed by atoms with Crippen LogP contribution in [0.4, 0.5) is 5.69 Å². The van der Waals surface area contributed by atoms with Crippen molar-refractivity contribution in [1.82, 2.24) is 14.8 Å². The number of hydrazone groups is 1. The fraction of sp³-hybridized carbons (Fsp3) is 0.136. The Balaban J connectivity index is 1.69. The summed E-state index contributed by atoms with van der Waals surface area (Å²) in [6.07, 6.45) is 3.30. The van der Waals surface area contributed by atoms with Crippen molar-refractivity contribution >= 4 is 29.2 Å². The van der Waals surface area contributed by atoms with Gasteiger partial charge in [-0.3, -0.25) is 14.9 Å². The summed E-state index contributed by atoms with van der Waals surface area (Å²) in [5.74, 6) is 0.723. The lowest BCUT2D eigenvalue weighted by atomic mass is 10.2. The van der Waals surface area contributed by atoms with E-state index in [2.05, 4.69) is 22.4 Å². The molecule has 2 aromatic carbocycles. The molecule has 0 fully saturated rings. The summed E-state index contributed by atoms with van der Waals surface area (Å²) in [4.78, 5) is 12.9. The Morgan fingerprint density at radius 2 is 2.00 bits per heavy atom. The van der Waals surface area contributed by atoms with Crippen molar-refractivity contribution in [1.29, 1.82) is 0 Å². The van der Waals surface area contributed by atoms with Gasteiger partial charge in [0, 0.05) is 7.05 Å². The van der Waals surface area contributed by atoms with Crippen molar-refractivity contribution in [2.45, 2.75) is 6.92 Å². The Morgan fingerprint density at radius 3 is 2.73 bits per heavy atom. The minimum atomic E-state index is -0.193. The third kappa shape index (κ3) is 4.84. The number of aromatic nitrogens is 2. The van der Waals surface area contributed by atoms with Gasteiger partial charge in [0.1, 0.15) is 18.0 Å². The van der Waals surface area contributed by atoms with Crippen LogP contribution in [-0.4, -0.2) is 27.3 Å². The zero-order valence-electron chi connectivity index (χ0n) is 16.8. The molecule has 0 saturated carbocycles. The second-order valence-electron chi connectivity index (χ2n) is 6.43. The zero-order chi connectivity index (χ0) is 21.5. The average molecular weight is 422 g/mol. The van der Waals surface area contributed by atoms with Gasteiger partial charge in [-0.25, -0.2) is 4.68 Å². The maximum Gasteiger partial charge on any atom is 0.295 e. The van der Waals surface area contributed by atoms with Gasteiger partial charge >= 0.3 is 0 Å². The van der Waals surface area contributed by atoms with Crippen LogP contribution in [0.1, 0.15) is 11.3 Å². The maximum atomic E-state index is 12.9. The van der Waals surface area contributed by atoms with Crippen LogP contribution in [0, 0.1) is 6.92 Å². The molecular weight excluding hydrogens is 398 g/mol. The van der Waals surface area contributed by atoms with Crippen molar-refractivity contribution in [3.8, 4) is 11.4 Å². The first-order chi connectivity index (χ1) is 14.5. The summed E-state index contributed by atoms with van der Waals surface area (Å²) >= 11 is 5.29. The lowest BCUT2D eigenvalue weighted by Crippen LogP contribution is -2.28. The van der Waals surface area contributed by atoms with Crippen molar-refractivity contribution < 1.29 is 4.74 Å². The number of para-hydroxylation sites is 1. The Hall–Kier alpha value is -3.65. The van der Waals surface area contributed by atoms with Crippen LogP contribution in [0.2, 0.25) is 0 Å². The SMILES string of the molecule is C=CCOc1cccc(/C=N\NC(=S)Nc2c(C)n(C)n(-c3ccccc3)c2=O)c1. The van der Waals surface area contributed by atoms with Gasteiger partial charge in [0.25, 0.3) is 5.56 Å². The van der Waals surface area contributed by atoms with Gasteiger partial charge in [0.05, 0.1) is 17.6 Å². The van der Waals surface area contributed by atoms with Crippen molar-refractivity contribution in [2.75, 3.05) is 11.9 Å². The predicted octanol–water partition coefficient (Wildman–Crippen LogP) is 3.37. The number of thiocarbonyl (C=S) groups is 1.